The van der Waals surface area contributed by atoms with Gasteiger partial charge in [-0.05, 0) is 61.6 Å². The van der Waals surface area contributed by atoms with Crippen LogP contribution in [0.2, 0.25) is 0 Å². The lowest BCUT2D eigenvalue weighted by atomic mass is 9.75. The summed E-state index contributed by atoms with van der Waals surface area (Å²) in [6.45, 7) is 7.34. The van der Waals surface area contributed by atoms with E-state index in [0.717, 1.165) is 4.68 Å². The zero-order chi connectivity index (χ0) is 38.6. The summed E-state index contributed by atoms with van der Waals surface area (Å²) >= 11 is 0. The number of nitrogens with one attached hydrogen (secondary N) is 1. The smallest absolute Gasteiger partial charge is 0.435 e. The van der Waals surface area contributed by atoms with Gasteiger partial charge in [0, 0.05) is 18.2 Å². The van der Waals surface area contributed by atoms with Crippen molar-refractivity contribution < 1.29 is 58.2 Å². The Labute approximate surface area is 288 Å². The number of aromatic nitrogens is 2. The normalized spacial score (nSPS) is 19.6. The number of esters is 1. The minimum atomic E-state index is -4.80. The molecule has 0 unspecified atom stereocenters. The highest BCUT2D eigenvalue weighted by molar-refractivity contribution is 7.85. The first-order valence-corrected chi connectivity index (χ1v) is 19.0. The number of primary amides is 1. The maximum Gasteiger partial charge on any atom is 0.435 e. The summed E-state index contributed by atoms with van der Waals surface area (Å²) in [4.78, 5) is 37.2. The van der Waals surface area contributed by atoms with Crippen LogP contribution in [-0.2, 0) is 42.4 Å². The Balaban J connectivity index is 0.000000761. The van der Waals surface area contributed by atoms with Gasteiger partial charge in [0.1, 0.15) is 12.1 Å². The third-order valence-electron chi connectivity index (χ3n) is 7.63. The van der Waals surface area contributed by atoms with Crippen molar-refractivity contribution in [1.29, 1.82) is 0 Å². The number of rotatable bonds is 7. The average Bonchev–Trinajstić information content (AvgIpc) is 3.31. The van der Waals surface area contributed by atoms with E-state index >= 15 is 0 Å². The first-order valence-electron chi connectivity index (χ1n) is 15.3. The third kappa shape index (κ3) is 13.3. The van der Waals surface area contributed by atoms with Crippen molar-refractivity contribution in [3.8, 4) is 5.69 Å². The molecule has 15 nitrogen and oxygen atoms in total. The molecule has 4 rings (SSSR count). The summed E-state index contributed by atoms with van der Waals surface area (Å²) < 4.78 is 100. The Bertz CT molecular complexity index is 1740. The van der Waals surface area contributed by atoms with E-state index in [9.17, 15) is 44.4 Å². The standard InChI is InChI=1S/C28H36F3N5O4.2CH4O3S/c1-14(2)23(32)26(39)40-17-8-5-15(6-9-17)34-19-11-16(7-10-18(19)25(33)38)36-20-12-27(3,4)13-21(37)22(20)24(35-36)28(29,30)31;2*1-5(2,3)4/h7,10-11,14-15,17,23,34H,5-6,8-9,12-13,32H2,1-4H3,(H2,33,38);2*1H3,(H,2,3,4)/t15?,17?,23-;;/m0../s1. The predicted molar refractivity (Wildman–Crippen MR) is 177 cm³/mol. The number of Topliss-reactive ketones (excluding diaryl/α,β-unsaturated/α-hetero) is 1. The van der Waals surface area contributed by atoms with Crippen molar-refractivity contribution in [3.05, 3.63) is 40.7 Å². The maximum absolute atomic E-state index is 13.9. The van der Waals surface area contributed by atoms with Crippen LogP contribution in [0, 0.1) is 11.3 Å². The topological polar surface area (TPSA) is 251 Å². The molecule has 20 heteroatoms. The lowest BCUT2D eigenvalue weighted by Gasteiger charge is -2.31. The quantitative estimate of drug-likeness (QED) is 0.201. The predicted octanol–water partition coefficient (Wildman–Crippen LogP) is 3.40. The molecule has 1 aromatic heterocycles. The molecule has 1 fully saturated rings. The number of amides is 1. The number of benzene rings is 1. The highest BCUT2D eigenvalue weighted by Crippen LogP contribution is 2.42. The third-order valence-corrected chi connectivity index (χ3v) is 7.63. The molecule has 2 aliphatic carbocycles. The summed E-state index contributed by atoms with van der Waals surface area (Å²) in [6.07, 6.45) is -1.02. The molecule has 2 aromatic rings. The van der Waals surface area contributed by atoms with Gasteiger partial charge >= 0.3 is 12.1 Å². The van der Waals surface area contributed by atoms with Crippen molar-refractivity contribution in [2.75, 3.05) is 17.8 Å². The van der Waals surface area contributed by atoms with Crippen molar-refractivity contribution in [1.82, 2.24) is 9.78 Å². The lowest BCUT2D eigenvalue weighted by molar-refractivity contribution is -0.153. The summed E-state index contributed by atoms with van der Waals surface area (Å²) in [7, 11) is -7.33. The van der Waals surface area contributed by atoms with Gasteiger partial charge in [0.05, 0.1) is 35.0 Å². The molecule has 0 aliphatic heterocycles. The molecule has 50 heavy (non-hydrogen) atoms. The van der Waals surface area contributed by atoms with Crippen LogP contribution in [-0.4, -0.2) is 84.1 Å². The highest BCUT2D eigenvalue weighted by Gasteiger charge is 2.45. The average molecular weight is 756 g/mol. The van der Waals surface area contributed by atoms with Crippen LogP contribution in [0.15, 0.2) is 18.2 Å². The molecule has 0 saturated heterocycles. The molecule has 2 aliphatic rings. The van der Waals surface area contributed by atoms with E-state index in [1.165, 1.54) is 18.2 Å². The molecule has 282 valence electrons. The second-order valence-electron chi connectivity index (χ2n) is 13.4. The van der Waals surface area contributed by atoms with Gasteiger partial charge in [0.15, 0.2) is 11.5 Å². The molecular weight excluding hydrogens is 711 g/mol. The van der Waals surface area contributed by atoms with E-state index < -0.39 is 66.8 Å². The van der Waals surface area contributed by atoms with E-state index in [2.05, 4.69) is 10.4 Å². The molecule has 1 saturated carbocycles. The Hall–Kier alpha value is -3.59. The molecule has 0 spiro atoms. The van der Waals surface area contributed by atoms with E-state index in [-0.39, 0.29) is 47.9 Å². The van der Waals surface area contributed by atoms with Crippen LogP contribution in [0.4, 0.5) is 18.9 Å². The van der Waals surface area contributed by atoms with E-state index in [4.69, 9.17) is 25.3 Å². The second kappa shape index (κ2) is 16.2. The van der Waals surface area contributed by atoms with Gasteiger partial charge in [0.25, 0.3) is 26.1 Å². The number of hydrogen-bond donors (Lipinski definition) is 5. The Morgan fingerprint density at radius 2 is 1.56 bits per heavy atom. The summed E-state index contributed by atoms with van der Waals surface area (Å²) in [6, 6.07) is 3.66. The highest BCUT2D eigenvalue weighted by atomic mass is 32.2. The maximum atomic E-state index is 13.9. The van der Waals surface area contributed by atoms with E-state index in [1.807, 2.05) is 27.7 Å². The summed E-state index contributed by atoms with van der Waals surface area (Å²) in [5.41, 5.74) is 10.3. The number of carbonyl (C=O) groups excluding carboxylic acids is 3. The number of anilines is 1. The van der Waals surface area contributed by atoms with Crippen LogP contribution in [0.5, 0.6) is 0 Å². The number of ketones is 1. The molecule has 7 N–H and O–H groups in total. The fourth-order valence-corrected chi connectivity index (χ4v) is 5.42. The van der Waals surface area contributed by atoms with Crippen molar-refractivity contribution in [2.45, 2.75) is 90.6 Å². The molecule has 1 aromatic carbocycles. The number of fused-ring (bicyclic) bond motifs is 1. The summed E-state index contributed by atoms with van der Waals surface area (Å²) in [5, 5.41) is 7.15. The fourth-order valence-electron chi connectivity index (χ4n) is 5.42. The number of carbonyl (C=O) groups is 3. The van der Waals surface area contributed by atoms with Gasteiger partial charge in [-0.15, -0.1) is 0 Å². The SMILES string of the molecule is CC(C)[C@H](N)C(=O)OC1CCC(Nc2cc(-n3nc(C(F)(F)F)c4c3CC(C)(C)CC4=O)ccc2C(N)=O)CC1.CS(=O)(=O)O.CS(=O)(=O)O. The number of nitrogens with zero attached hydrogens (tertiary/aromatic N) is 2. The number of halogens is 3. The van der Waals surface area contributed by atoms with Gasteiger partial charge in [-0.3, -0.25) is 23.5 Å². The largest absolute Gasteiger partial charge is 0.461 e. The first-order chi connectivity index (χ1) is 22.6. The minimum absolute atomic E-state index is 0.0103. The first kappa shape index (κ1) is 42.6. The zero-order valence-electron chi connectivity index (χ0n) is 28.4. The number of alkyl halides is 3. The van der Waals surface area contributed by atoms with Gasteiger partial charge in [-0.25, -0.2) is 4.68 Å². The Kier molecular flexibility index (Phi) is 13.8. The van der Waals surface area contributed by atoms with Gasteiger partial charge in [0.2, 0.25) is 0 Å². The zero-order valence-corrected chi connectivity index (χ0v) is 30.1. The second-order valence-corrected chi connectivity index (χ2v) is 16.3. The van der Waals surface area contributed by atoms with Crippen LogP contribution in [0.3, 0.4) is 0 Å². The van der Waals surface area contributed by atoms with Crippen LogP contribution >= 0.6 is 0 Å². The van der Waals surface area contributed by atoms with E-state index in [1.54, 1.807) is 0 Å². The van der Waals surface area contributed by atoms with Gasteiger partial charge < -0.3 is 21.5 Å². The van der Waals surface area contributed by atoms with Crippen LogP contribution < -0.4 is 16.8 Å². The number of ether oxygens (including phenoxy) is 1. The molecule has 1 amide bonds. The fraction of sp³-hybridized carbons (Fsp3) is 0.600. The van der Waals surface area contributed by atoms with Gasteiger partial charge in [-0.2, -0.15) is 35.1 Å². The monoisotopic (exact) mass is 755 g/mol. The number of hydrogen-bond acceptors (Lipinski definition) is 11. The summed E-state index contributed by atoms with van der Waals surface area (Å²) in [5.74, 6) is -1.77. The molecule has 1 atom stereocenters. The molecule has 0 bridgehead atoms. The van der Waals surface area contributed by atoms with Gasteiger partial charge in [-0.1, -0.05) is 27.7 Å². The lowest BCUT2D eigenvalue weighted by Crippen LogP contribution is -2.40. The van der Waals surface area contributed by atoms with Crippen molar-refractivity contribution >= 4 is 43.6 Å². The minimum Gasteiger partial charge on any atom is -0.461 e. The van der Waals surface area contributed by atoms with E-state index in [0.29, 0.717) is 43.9 Å². The molecular formula is C30H44F3N5O10S2. The Morgan fingerprint density at radius 3 is 2.02 bits per heavy atom. The van der Waals surface area contributed by atoms with Crippen molar-refractivity contribution in [3.63, 3.8) is 0 Å². The Morgan fingerprint density at radius 1 is 1.04 bits per heavy atom. The van der Waals surface area contributed by atoms with Crippen molar-refractivity contribution in [2.24, 2.45) is 22.8 Å². The van der Waals surface area contributed by atoms with Crippen LogP contribution in [0.1, 0.15) is 91.9 Å². The molecule has 1 heterocycles. The number of nitrogens with two attached hydrogens (primary N) is 2. The van der Waals surface area contributed by atoms with Crippen LogP contribution in [0.25, 0.3) is 5.69 Å². The molecule has 0 radical (unpaired) electrons.